The summed E-state index contributed by atoms with van der Waals surface area (Å²) >= 11 is 0. The van der Waals surface area contributed by atoms with Crippen molar-refractivity contribution in [1.29, 1.82) is 0 Å². The van der Waals surface area contributed by atoms with Crippen molar-refractivity contribution in [1.82, 2.24) is 0 Å². The number of benzene rings is 2. The molecule has 7 heteroatoms. The summed E-state index contributed by atoms with van der Waals surface area (Å²) in [6, 6.07) is 11.3. The van der Waals surface area contributed by atoms with Crippen LogP contribution < -0.4 is 9.04 Å². The van der Waals surface area contributed by atoms with Crippen LogP contribution in [0, 0.1) is 11.2 Å². The zero-order valence-electron chi connectivity index (χ0n) is 15.2. The molecule has 2 rings (SSSR count). The van der Waals surface area contributed by atoms with Crippen LogP contribution in [0.2, 0.25) is 0 Å². The Labute approximate surface area is 153 Å². The van der Waals surface area contributed by atoms with Crippen molar-refractivity contribution in [2.24, 2.45) is 5.41 Å². The maximum absolute atomic E-state index is 14.1. The van der Waals surface area contributed by atoms with Gasteiger partial charge in [0, 0.05) is 5.41 Å². The molecule has 0 N–H and O–H groups in total. The molecule has 2 aromatic rings. The predicted octanol–water partition coefficient (Wildman–Crippen LogP) is 3.64. The summed E-state index contributed by atoms with van der Waals surface area (Å²) in [6.45, 7) is 4.72. The van der Waals surface area contributed by atoms with Crippen molar-refractivity contribution in [3.63, 3.8) is 0 Å². The Kier molecular flexibility index (Phi) is 5.71. The second-order valence-electron chi connectivity index (χ2n) is 6.81. The van der Waals surface area contributed by atoms with E-state index in [1.165, 1.54) is 37.4 Å². The van der Waals surface area contributed by atoms with E-state index in [0.29, 0.717) is 5.75 Å². The van der Waals surface area contributed by atoms with Gasteiger partial charge in [-0.3, -0.25) is 9.10 Å². The number of carbonyl (C=O) groups is 1. The van der Waals surface area contributed by atoms with Crippen LogP contribution in [0.25, 0.3) is 0 Å². The Morgan fingerprint density at radius 2 is 1.65 bits per heavy atom. The lowest BCUT2D eigenvalue weighted by atomic mass is 9.91. The molecule has 0 saturated carbocycles. The third-order valence-corrected chi connectivity index (χ3v) is 5.70. The minimum Gasteiger partial charge on any atom is -0.497 e. The molecule has 0 aliphatic heterocycles. The van der Waals surface area contributed by atoms with E-state index in [2.05, 4.69) is 0 Å². The quantitative estimate of drug-likeness (QED) is 0.769. The maximum Gasteiger partial charge on any atom is 0.267 e. The first-order valence-corrected chi connectivity index (χ1v) is 9.46. The van der Waals surface area contributed by atoms with Gasteiger partial charge >= 0.3 is 0 Å². The fraction of sp³-hybridized carbons (Fsp3) is 0.316. The van der Waals surface area contributed by atoms with E-state index in [1.54, 1.807) is 32.9 Å². The second kappa shape index (κ2) is 7.45. The Morgan fingerprint density at radius 3 is 2.15 bits per heavy atom. The third kappa shape index (κ3) is 4.22. The van der Waals surface area contributed by atoms with Gasteiger partial charge in [-0.25, -0.2) is 12.8 Å². The summed E-state index contributed by atoms with van der Waals surface area (Å²) in [6.07, 6.45) is 0. The van der Waals surface area contributed by atoms with Gasteiger partial charge in [-0.15, -0.1) is 0 Å². The molecule has 140 valence electrons. The van der Waals surface area contributed by atoms with E-state index in [4.69, 9.17) is 4.74 Å². The van der Waals surface area contributed by atoms with E-state index in [9.17, 15) is 17.6 Å². The number of ketones is 1. The van der Waals surface area contributed by atoms with Gasteiger partial charge in [-0.05, 0) is 36.4 Å². The number of nitrogens with zero attached hydrogens (tertiary/aromatic N) is 1. The molecule has 2 aromatic carbocycles. The maximum atomic E-state index is 14.1. The molecule has 0 aliphatic carbocycles. The SMILES string of the molecule is COc1ccc(N(CC(=O)C(C)(C)C)S(=O)(=O)c2ccccc2F)cc1. The lowest BCUT2D eigenvalue weighted by molar-refractivity contribution is -0.124. The molecule has 0 aliphatic rings. The first-order valence-electron chi connectivity index (χ1n) is 8.02. The lowest BCUT2D eigenvalue weighted by Crippen LogP contribution is -2.40. The first kappa shape index (κ1) is 19.9. The number of sulfonamides is 1. The Bertz CT molecular complexity index is 887. The minimum absolute atomic E-state index is 0.256. The number of hydrogen-bond donors (Lipinski definition) is 0. The third-order valence-electron chi connectivity index (χ3n) is 3.89. The average molecular weight is 379 g/mol. The summed E-state index contributed by atoms with van der Waals surface area (Å²) in [5.41, 5.74) is -0.484. The number of hydrogen-bond acceptors (Lipinski definition) is 4. The molecule has 0 fully saturated rings. The number of anilines is 1. The predicted molar refractivity (Wildman–Crippen MR) is 98.4 cm³/mol. The second-order valence-corrected chi connectivity index (χ2v) is 8.64. The standard InChI is InChI=1S/C19H22FNO4S/c1-19(2,3)18(22)13-21(14-9-11-15(25-4)12-10-14)26(23,24)17-8-6-5-7-16(17)20/h5-12H,13H2,1-4H3. The molecule has 0 heterocycles. The zero-order chi connectivity index (χ0) is 19.5. The zero-order valence-corrected chi connectivity index (χ0v) is 16.0. The van der Waals surface area contributed by atoms with Gasteiger partial charge in [-0.2, -0.15) is 0 Å². The van der Waals surface area contributed by atoms with Crippen LogP contribution >= 0.6 is 0 Å². The highest BCUT2D eigenvalue weighted by Crippen LogP contribution is 2.28. The van der Waals surface area contributed by atoms with E-state index >= 15 is 0 Å². The van der Waals surface area contributed by atoms with Gasteiger partial charge in [0.2, 0.25) is 0 Å². The monoisotopic (exact) mass is 379 g/mol. The van der Waals surface area contributed by atoms with Crippen LogP contribution in [-0.2, 0) is 14.8 Å². The highest BCUT2D eigenvalue weighted by Gasteiger charge is 2.32. The molecule has 0 aromatic heterocycles. The fourth-order valence-electron chi connectivity index (χ4n) is 2.20. The van der Waals surface area contributed by atoms with Crippen molar-refractivity contribution >= 4 is 21.5 Å². The van der Waals surface area contributed by atoms with Gasteiger partial charge in [0.1, 0.15) is 16.5 Å². The number of ether oxygens (including phenoxy) is 1. The molecular formula is C19H22FNO4S. The van der Waals surface area contributed by atoms with E-state index < -0.39 is 32.7 Å². The van der Waals surface area contributed by atoms with Gasteiger partial charge in [-0.1, -0.05) is 32.9 Å². The molecule has 0 radical (unpaired) electrons. The summed E-state index contributed by atoms with van der Waals surface area (Å²) in [7, 11) is -2.77. The molecular weight excluding hydrogens is 357 g/mol. The van der Waals surface area contributed by atoms with Crippen LogP contribution in [0.15, 0.2) is 53.4 Å². The van der Waals surface area contributed by atoms with E-state index in [-0.39, 0.29) is 11.5 Å². The molecule has 0 amide bonds. The first-order chi connectivity index (χ1) is 12.1. The van der Waals surface area contributed by atoms with Gasteiger partial charge in [0.25, 0.3) is 10.0 Å². The summed E-state index contributed by atoms with van der Waals surface area (Å²) in [4.78, 5) is 12.0. The highest BCUT2D eigenvalue weighted by atomic mass is 32.2. The normalized spacial score (nSPS) is 11.9. The van der Waals surface area contributed by atoms with Crippen LogP contribution in [0.1, 0.15) is 20.8 Å². The minimum atomic E-state index is -4.26. The smallest absolute Gasteiger partial charge is 0.267 e. The molecule has 0 atom stereocenters. The fourth-order valence-corrected chi connectivity index (χ4v) is 3.69. The Hall–Kier alpha value is -2.41. The summed E-state index contributed by atoms with van der Waals surface area (Å²) < 4.78 is 46.3. The van der Waals surface area contributed by atoms with Crippen LogP contribution in [-0.4, -0.2) is 27.9 Å². The highest BCUT2D eigenvalue weighted by molar-refractivity contribution is 7.92. The Balaban J connectivity index is 2.55. The average Bonchev–Trinajstić information content (AvgIpc) is 2.58. The lowest BCUT2D eigenvalue weighted by Gasteiger charge is -2.27. The van der Waals surface area contributed by atoms with Crippen molar-refractivity contribution < 1.29 is 22.3 Å². The Morgan fingerprint density at radius 1 is 1.08 bits per heavy atom. The van der Waals surface area contributed by atoms with Crippen molar-refractivity contribution in [2.75, 3.05) is 18.0 Å². The van der Waals surface area contributed by atoms with Crippen molar-refractivity contribution in [3.05, 3.63) is 54.3 Å². The molecule has 0 bridgehead atoms. The largest absolute Gasteiger partial charge is 0.497 e. The number of rotatable bonds is 6. The molecule has 0 unspecified atom stereocenters. The van der Waals surface area contributed by atoms with E-state index in [1.807, 2.05) is 0 Å². The number of halogens is 1. The number of carbonyl (C=O) groups excluding carboxylic acids is 1. The van der Waals surface area contributed by atoms with Crippen molar-refractivity contribution in [3.8, 4) is 5.75 Å². The molecule has 26 heavy (non-hydrogen) atoms. The van der Waals surface area contributed by atoms with Crippen LogP contribution in [0.4, 0.5) is 10.1 Å². The molecule has 0 spiro atoms. The van der Waals surface area contributed by atoms with Gasteiger partial charge in [0.15, 0.2) is 5.78 Å². The number of methoxy groups -OCH3 is 1. The van der Waals surface area contributed by atoms with Crippen molar-refractivity contribution in [2.45, 2.75) is 25.7 Å². The summed E-state index contributed by atoms with van der Waals surface area (Å²) in [5.74, 6) is -0.610. The topological polar surface area (TPSA) is 63.7 Å². The molecule has 0 saturated heterocycles. The van der Waals surface area contributed by atoms with E-state index in [0.717, 1.165) is 10.4 Å². The van der Waals surface area contributed by atoms with Crippen LogP contribution in [0.3, 0.4) is 0 Å². The van der Waals surface area contributed by atoms with Gasteiger partial charge < -0.3 is 4.74 Å². The van der Waals surface area contributed by atoms with Crippen LogP contribution in [0.5, 0.6) is 5.75 Å². The molecule has 5 nitrogen and oxygen atoms in total. The van der Waals surface area contributed by atoms with Gasteiger partial charge in [0.05, 0.1) is 19.3 Å². The number of Topliss-reactive ketones (excluding diaryl/α,β-unsaturated/α-hetero) is 1. The summed E-state index contributed by atoms with van der Waals surface area (Å²) in [5, 5.41) is 0.